The Morgan fingerprint density at radius 3 is 3.05 bits per heavy atom. The van der Waals surface area contributed by atoms with Crippen molar-refractivity contribution in [2.45, 2.75) is 24.9 Å². The number of Topliss-reactive ketones (excluding diaryl/α,β-unsaturated/α-hetero) is 1. The molecule has 2 fully saturated rings. The number of carbonyl (C=O) groups excluding carboxylic acids is 1. The third-order valence-corrected chi connectivity index (χ3v) is 4.44. The second-order valence-electron chi connectivity index (χ2n) is 5.71. The first-order valence-electron chi connectivity index (χ1n) is 6.96. The van der Waals surface area contributed by atoms with Gasteiger partial charge in [-0.25, -0.2) is 4.99 Å². The first-order valence-corrected chi connectivity index (χ1v) is 6.96. The molecule has 3 aliphatic heterocycles. The molecule has 3 heterocycles. The first-order chi connectivity index (χ1) is 9.29. The number of para-hydroxylation sites is 1. The Bertz CT molecular complexity index is 566. The molecule has 2 atom stereocenters. The van der Waals surface area contributed by atoms with Crippen LogP contribution >= 0.6 is 0 Å². The molecule has 4 rings (SSSR count). The van der Waals surface area contributed by atoms with Crippen molar-refractivity contribution < 1.29 is 4.79 Å². The topological polar surface area (TPSA) is 44.7 Å². The Balaban J connectivity index is 1.58. The number of nitrogens with zero attached hydrogens (tertiary/aromatic N) is 2. The number of hydrogen-bond acceptors (Lipinski definition) is 4. The highest BCUT2D eigenvalue weighted by Crippen LogP contribution is 2.27. The van der Waals surface area contributed by atoms with Gasteiger partial charge in [0.25, 0.3) is 0 Å². The van der Waals surface area contributed by atoms with Crippen LogP contribution in [0.1, 0.15) is 12.0 Å². The van der Waals surface area contributed by atoms with Crippen molar-refractivity contribution in [2.75, 3.05) is 19.6 Å². The Morgan fingerprint density at radius 1 is 1.37 bits per heavy atom. The van der Waals surface area contributed by atoms with Crippen LogP contribution < -0.4 is 5.32 Å². The van der Waals surface area contributed by atoms with E-state index in [2.05, 4.69) is 15.2 Å². The van der Waals surface area contributed by atoms with E-state index in [0.29, 0.717) is 18.5 Å². The molecule has 1 N–H and O–H groups in total. The molecule has 0 aliphatic carbocycles. The summed E-state index contributed by atoms with van der Waals surface area (Å²) >= 11 is 0. The lowest BCUT2D eigenvalue weighted by molar-refractivity contribution is -0.112. The molecule has 0 saturated carbocycles. The van der Waals surface area contributed by atoms with Gasteiger partial charge in [-0.05, 0) is 18.1 Å². The molecule has 3 aliphatic rings. The fourth-order valence-electron chi connectivity index (χ4n) is 3.41. The van der Waals surface area contributed by atoms with E-state index >= 15 is 0 Å². The van der Waals surface area contributed by atoms with E-state index in [1.807, 2.05) is 24.3 Å². The van der Waals surface area contributed by atoms with Gasteiger partial charge in [0, 0.05) is 38.1 Å². The number of ketones is 1. The van der Waals surface area contributed by atoms with E-state index in [0.717, 1.165) is 36.6 Å². The molecule has 0 spiro atoms. The van der Waals surface area contributed by atoms with Crippen LogP contribution in [0.15, 0.2) is 29.3 Å². The lowest BCUT2D eigenvalue weighted by Crippen LogP contribution is -2.47. The van der Waals surface area contributed by atoms with Gasteiger partial charge in [-0.1, -0.05) is 18.2 Å². The molecule has 98 valence electrons. The van der Waals surface area contributed by atoms with Crippen LogP contribution in [0.25, 0.3) is 0 Å². The molecule has 1 aromatic rings. The average Bonchev–Trinajstić information content (AvgIpc) is 3.02. The smallest absolute Gasteiger partial charge is 0.182 e. The molecule has 0 unspecified atom stereocenters. The van der Waals surface area contributed by atoms with Crippen LogP contribution in [0.5, 0.6) is 0 Å². The number of aliphatic imine (C=N–C) groups is 1. The van der Waals surface area contributed by atoms with Crippen LogP contribution in [0.4, 0.5) is 5.69 Å². The van der Waals surface area contributed by atoms with Gasteiger partial charge >= 0.3 is 0 Å². The van der Waals surface area contributed by atoms with E-state index in [4.69, 9.17) is 0 Å². The summed E-state index contributed by atoms with van der Waals surface area (Å²) in [5, 5.41) is 3.48. The number of fused-ring (bicyclic) bond motifs is 3. The Kier molecular flexibility index (Phi) is 2.53. The molecule has 2 saturated heterocycles. The van der Waals surface area contributed by atoms with E-state index < -0.39 is 0 Å². The number of carbonyl (C=O) groups is 1. The number of benzene rings is 1. The number of piperazine rings is 1. The van der Waals surface area contributed by atoms with Crippen LogP contribution in [0, 0.1) is 0 Å². The fraction of sp³-hybridized carbons (Fsp3) is 0.467. The van der Waals surface area contributed by atoms with Crippen molar-refractivity contribution in [2.24, 2.45) is 4.99 Å². The minimum Gasteiger partial charge on any atom is -0.311 e. The monoisotopic (exact) mass is 255 g/mol. The van der Waals surface area contributed by atoms with Crippen molar-refractivity contribution in [1.29, 1.82) is 0 Å². The zero-order valence-corrected chi connectivity index (χ0v) is 10.8. The predicted octanol–water partition coefficient (Wildman–Crippen LogP) is 0.930. The van der Waals surface area contributed by atoms with Gasteiger partial charge in [-0.2, -0.15) is 0 Å². The molecule has 4 nitrogen and oxygen atoms in total. The third-order valence-electron chi connectivity index (χ3n) is 4.44. The van der Waals surface area contributed by atoms with Crippen molar-refractivity contribution in [3.63, 3.8) is 0 Å². The summed E-state index contributed by atoms with van der Waals surface area (Å²) in [4.78, 5) is 19.2. The highest BCUT2D eigenvalue weighted by atomic mass is 16.1. The molecule has 0 aromatic heterocycles. The number of rotatable bonds is 2. The van der Waals surface area contributed by atoms with Gasteiger partial charge in [0.1, 0.15) is 0 Å². The maximum Gasteiger partial charge on any atom is 0.182 e. The lowest BCUT2D eigenvalue weighted by atomic mass is 10.00. The van der Waals surface area contributed by atoms with Gasteiger partial charge in [0.15, 0.2) is 5.78 Å². The van der Waals surface area contributed by atoms with Crippen molar-refractivity contribution in [3.8, 4) is 0 Å². The summed E-state index contributed by atoms with van der Waals surface area (Å²) in [5.74, 6) is 0.189. The van der Waals surface area contributed by atoms with E-state index in [1.165, 1.54) is 6.42 Å². The molecule has 0 radical (unpaired) electrons. The van der Waals surface area contributed by atoms with Gasteiger partial charge in [0.05, 0.1) is 11.4 Å². The SMILES string of the molecule is O=C1Cc2ccccc2N=C1CN1C[C@@H]2C[C@H]1CN2. The summed E-state index contributed by atoms with van der Waals surface area (Å²) in [6.45, 7) is 2.83. The summed E-state index contributed by atoms with van der Waals surface area (Å²) in [6.07, 6.45) is 1.73. The van der Waals surface area contributed by atoms with Crippen molar-refractivity contribution in [3.05, 3.63) is 29.8 Å². The number of likely N-dealkylation sites (tertiary alicyclic amines) is 1. The maximum absolute atomic E-state index is 12.2. The second kappa shape index (κ2) is 4.25. The van der Waals surface area contributed by atoms with E-state index in [9.17, 15) is 4.79 Å². The predicted molar refractivity (Wildman–Crippen MR) is 74.0 cm³/mol. The summed E-state index contributed by atoms with van der Waals surface area (Å²) < 4.78 is 0. The number of hydrogen-bond donors (Lipinski definition) is 1. The standard InChI is InChI=1S/C15H17N3O/c19-15-5-10-3-1-2-4-13(10)17-14(15)9-18-8-11-6-12(18)7-16-11/h1-4,11-12,16H,5-9H2/t11-,12-/m0/s1. The molecule has 1 aromatic carbocycles. The van der Waals surface area contributed by atoms with Crippen molar-refractivity contribution in [1.82, 2.24) is 10.2 Å². The summed E-state index contributed by atoms with van der Waals surface area (Å²) in [7, 11) is 0. The Morgan fingerprint density at radius 2 is 2.26 bits per heavy atom. The van der Waals surface area contributed by atoms with E-state index in [-0.39, 0.29) is 5.78 Å². The number of nitrogens with one attached hydrogen (secondary N) is 1. The average molecular weight is 255 g/mol. The second-order valence-corrected chi connectivity index (χ2v) is 5.71. The molecular weight excluding hydrogens is 238 g/mol. The first kappa shape index (κ1) is 11.3. The largest absolute Gasteiger partial charge is 0.311 e. The molecule has 4 heteroatoms. The molecule has 2 bridgehead atoms. The van der Waals surface area contributed by atoms with Gasteiger partial charge in [0.2, 0.25) is 0 Å². The van der Waals surface area contributed by atoms with Gasteiger partial charge in [-0.15, -0.1) is 0 Å². The maximum atomic E-state index is 12.2. The van der Waals surface area contributed by atoms with Gasteiger partial charge in [-0.3, -0.25) is 9.69 Å². The minimum absolute atomic E-state index is 0.189. The highest BCUT2D eigenvalue weighted by Gasteiger charge is 2.38. The van der Waals surface area contributed by atoms with Crippen LogP contribution in [0.2, 0.25) is 0 Å². The Labute approximate surface area is 112 Å². The minimum atomic E-state index is 0.189. The zero-order valence-electron chi connectivity index (χ0n) is 10.8. The Hall–Kier alpha value is -1.52. The lowest BCUT2D eigenvalue weighted by Gasteiger charge is -2.28. The summed E-state index contributed by atoms with van der Waals surface area (Å²) in [6, 6.07) is 9.17. The van der Waals surface area contributed by atoms with Gasteiger partial charge < -0.3 is 5.32 Å². The molecular formula is C15H17N3O. The van der Waals surface area contributed by atoms with Crippen molar-refractivity contribution >= 4 is 17.2 Å². The van der Waals surface area contributed by atoms with E-state index in [1.54, 1.807) is 0 Å². The zero-order chi connectivity index (χ0) is 12.8. The third kappa shape index (κ3) is 1.91. The quantitative estimate of drug-likeness (QED) is 0.855. The molecule has 0 amide bonds. The fourth-order valence-corrected chi connectivity index (χ4v) is 3.41. The summed E-state index contributed by atoms with van der Waals surface area (Å²) in [5.41, 5.74) is 2.77. The normalized spacial score (nSPS) is 29.5. The molecule has 19 heavy (non-hydrogen) atoms. The van der Waals surface area contributed by atoms with Crippen LogP contribution in [0.3, 0.4) is 0 Å². The van der Waals surface area contributed by atoms with Crippen LogP contribution in [-0.2, 0) is 11.2 Å². The van der Waals surface area contributed by atoms with Crippen LogP contribution in [-0.4, -0.2) is 48.1 Å². The highest BCUT2D eigenvalue weighted by molar-refractivity contribution is 6.42.